The van der Waals surface area contributed by atoms with E-state index in [1.807, 2.05) is 0 Å². The third kappa shape index (κ3) is 3.78. The lowest BCUT2D eigenvalue weighted by Crippen LogP contribution is -2.22. The molecule has 0 unspecified atom stereocenters. The molecule has 2 aromatic rings. The van der Waals surface area contributed by atoms with Crippen molar-refractivity contribution in [1.82, 2.24) is 4.98 Å². The summed E-state index contributed by atoms with van der Waals surface area (Å²) >= 11 is 11.8. The SMILES string of the molecule is Cc1nc(NC(=O)COC(=O)c2ccoc2C)c(Cl)cc1Cl. The molecule has 0 aliphatic rings. The van der Waals surface area contributed by atoms with Crippen molar-refractivity contribution in [3.05, 3.63) is 45.5 Å². The molecule has 2 rings (SSSR count). The predicted molar refractivity (Wildman–Crippen MR) is 81.4 cm³/mol. The van der Waals surface area contributed by atoms with Crippen LogP contribution < -0.4 is 5.32 Å². The molecule has 0 bridgehead atoms. The van der Waals surface area contributed by atoms with E-state index in [0.29, 0.717) is 16.5 Å². The minimum atomic E-state index is -0.646. The summed E-state index contributed by atoms with van der Waals surface area (Å²) in [5, 5.41) is 3.04. The van der Waals surface area contributed by atoms with Crippen LogP contribution in [0.5, 0.6) is 0 Å². The summed E-state index contributed by atoms with van der Waals surface area (Å²) in [5.41, 5.74) is 0.790. The highest BCUT2D eigenvalue weighted by molar-refractivity contribution is 6.36. The average Bonchev–Trinajstić information content (AvgIpc) is 2.88. The Bertz CT molecular complexity index is 728. The molecule has 8 heteroatoms. The number of carbonyl (C=O) groups is 2. The van der Waals surface area contributed by atoms with E-state index >= 15 is 0 Å². The first-order valence-corrected chi connectivity index (χ1v) is 6.97. The van der Waals surface area contributed by atoms with E-state index in [0.717, 1.165) is 0 Å². The van der Waals surface area contributed by atoms with Crippen LogP contribution in [-0.2, 0) is 9.53 Å². The van der Waals surface area contributed by atoms with E-state index in [-0.39, 0.29) is 16.4 Å². The molecule has 0 atom stereocenters. The lowest BCUT2D eigenvalue weighted by molar-refractivity contribution is -0.119. The normalized spacial score (nSPS) is 10.4. The number of nitrogens with one attached hydrogen (secondary N) is 1. The van der Waals surface area contributed by atoms with Crippen molar-refractivity contribution in [3.63, 3.8) is 0 Å². The van der Waals surface area contributed by atoms with Crippen molar-refractivity contribution in [2.75, 3.05) is 11.9 Å². The number of ether oxygens (including phenoxy) is 1. The largest absolute Gasteiger partial charge is 0.469 e. The molecule has 2 aromatic heterocycles. The van der Waals surface area contributed by atoms with Crippen LogP contribution in [0, 0.1) is 13.8 Å². The number of hydrogen-bond acceptors (Lipinski definition) is 5. The molecule has 0 spiro atoms. The van der Waals surface area contributed by atoms with Gasteiger partial charge in [-0.05, 0) is 26.0 Å². The molecule has 2 heterocycles. The molecule has 6 nitrogen and oxygen atoms in total. The van der Waals surface area contributed by atoms with Crippen LogP contribution in [-0.4, -0.2) is 23.5 Å². The van der Waals surface area contributed by atoms with Crippen molar-refractivity contribution in [2.45, 2.75) is 13.8 Å². The summed E-state index contributed by atoms with van der Waals surface area (Å²) in [7, 11) is 0. The Kier molecular flexibility index (Phi) is 5.05. The number of pyridine rings is 1. The second-order valence-corrected chi connectivity index (χ2v) is 5.22. The summed E-state index contributed by atoms with van der Waals surface area (Å²) < 4.78 is 9.87. The van der Waals surface area contributed by atoms with Crippen molar-refractivity contribution < 1.29 is 18.7 Å². The fourth-order valence-electron chi connectivity index (χ4n) is 1.62. The van der Waals surface area contributed by atoms with Gasteiger partial charge >= 0.3 is 5.97 Å². The van der Waals surface area contributed by atoms with Crippen LogP contribution in [0.25, 0.3) is 0 Å². The average molecular weight is 343 g/mol. The minimum absolute atomic E-state index is 0.157. The number of aromatic nitrogens is 1. The minimum Gasteiger partial charge on any atom is -0.469 e. The van der Waals surface area contributed by atoms with Gasteiger partial charge in [0.05, 0.1) is 22.0 Å². The number of halogens is 2. The molecular formula is C14H12Cl2N2O4. The zero-order chi connectivity index (χ0) is 16.3. The predicted octanol–water partition coefficient (Wildman–Crippen LogP) is 3.39. The van der Waals surface area contributed by atoms with E-state index in [4.69, 9.17) is 32.4 Å². The summed E-state index contributed by atoms with van der Waals surface area (Å²) in [5.74, 6) is -0.633. The Morgan fingerprint density at radius 3 is 2.68 bits per heavy atom. The molecule has 0 aliphatic carbocycles. The number of esters is 1. The monoisotopic (exact) mass is 342 g/mol. The number of amides is 1. The fraction of sp³-hybridized carbons (Fsp3) is 0.214. The number of furan rings is 1. The quantitative estimate of drug-likeness (QED) is 0.861. The van der Waals surface area contributed by atoms with Gasteiger partial charge in [0.15, 0.2) is 12.4 Å². The van der Waals surface area contributed by atoms with E-state index < -0.39 is 18.5 Å². The topological polar surface area (TPSA) is 81.4 Å². The van der Waals surface area contributed by atoms with Crippen molar-refractivity contribution >= 4 is 40.9 Å². The zero-order valence-corrected chi connectivity index (χ0v) is 13.3. The van der Waals surface area contributed by atoms with Crippen LogP contribution in [0.1, 0.15) is 21.8 Å². The van der Waals surface area contributed by atoms with Gasteiger partial charge in [0.2, 0.25) is 0 Å². The molecule has 0 fully saturated rings. The van der Waals surface area contributed by atoms with Gasteiger partial charge in [0, 0.05) is 0 Å². The van der Waals surface area contributed by atoms with Gasteiger partial charge in [-0.25, -0.2) is 9.78 Å². The first kappa shape index (κ1) is 16.3. The summed E-state index contributed by atoms with van der Waals surface area (Å²) in [4.78, 5) is 27.6. The third-order valence-electron chi connectivity index (χ3n) is 2.78. The molecule has 0 saturated carbocycles. The standard InChI is InChI=1S/C14H12Cl2N2O4/c1-7-10(15)5-11(16)13(17-7)18-12(19)6-22-14(20)9-3-4-21-8(9)2/h3-5H,6H2,1-2H3,(H,17,18,19). The van der Waals surface area contributed by atoms with Gasteiger partial charge in [0.25, 0.3) is 5.91 Å². The molecule has 116 valence electrons. The van der Waals surface area contributed by atoms with Gasteiger partial charge in [-0.3, -0.25) is 4.79 Å². The van der Waals surface area contributed by atoms with Crippen LogP contribution in [0.3, 0.4) is 0 Å². The Labute approximate surface area is 136 Å². The highest BCUT2D eigenvalue weighted by Gasteiger charge is 2.16. The highest BCUT2D eigenvalue weighted by atomic mass is 35.5. The maximum absolute atomic E-state index is 11.8. The van der Waals surface area contributed by atoms with Gasteiger partial charge < -0.3 is 14.5 Å². The number of nitrogens with zero attached hydrogens (tertiary/aromatic N) is 1. The lowest BCUT2D eigenvalue weighted by Gasteiger charge is -2.08. The van der Waals surface area contributed by atoms with E-state index in [1.54, 1.807) is 13.8 Å². The molecule has 1 amide bonds. The Morgan fingerprint density at radius 1 is 1.32 bits per heavy atom. The first-order chi connectivity index (χ1) is 10.4. The van der Waals surface area contributed by atoms with Crippen LogP contribution in [0.4, 0.5) is 5.82 Å². The van der Waals surface area contributed by atoms with Gasteiger partial charge in [0.1, 0.15) is 11.3 Å². The molecule has 0 aromatic carbocycles. The van der Waals surface area contributed by atoms with Crippen molar-refractivity contribution in [3.8, 4) is 0 Å². The van der Waals surface area contributed by atoms with E-state index in [9.17, 15) is 9.59 Å². The third-order valence-corrected chi connectivity index (χ3v) is 3.45. The molecule has 22 heavy (non-hydrogen) atoms. The Morgan fingerprint density at radius 2 is 2.05 bits per heavy atom. The van der Waals surface area contributed by atoms with Crippen LogP contribution >= 0.6 is 23.2 Å². The molecular weight excluding hydrogens is 331 g/mol. The van der Waals surface area contributed by atoms with E-state index in [1.165, 1.54) is 18.4 Å². The molecule has 0 saturated heterocycles. The summed E-state index contributed by atoms with van der Waals surface area (Å²) in [6, 6.07) is 2.94. The number of rotatable bonds is 4. The van der Waals surface area contributed by atoms with Crippen molar-refractivity contribution in [2.24, 2.45) is 0 Å². The number of carbonyl (C=O) groups excluding carboxylic acids is 2. The first-order valence-electron chi connectivity index (χ1n) is 6.22. The molecule has 0 aliphatic heterocycles. The Hall–Kier alpha value is -2.05. The number of anilines is 1. The molecule has 1 N–H and O–H groups in total. The van der Waals surface area contributed by atoms with Gasteiger partial charge in [-0.1, -0.05) is 23.2 Å². The summed E-state index contributed by atoms with van der Waals surface area (Å²) in [6.45, 7) is 2.83. The number of hydrogen-bond donors (Lipinski definition) is 1. The Balaban J connectivity index is 1.95. The zero-order valence-electron chi connectivity index (χ0n) is 11.8. The van der Waals surface area contributed by atoms with Crippen LogP contribution in [0.2, 0.25) is 10.0 Å². The smallest absolute Gasteiger partial charge is 0.342 e. The summed E-state index contributed by atoms with van der Waals surface area (Å²) in [6.07, 6.45) is 1.37. The lowest BCUT2D eigenvalue weighted by atomic mass is 10.3. The second-order valence-electron chi connectivity index (χ2n) is 4.40. The van der Waals surface area contributed by atoms with E-state index in [2.05, 4.69) is 10.3 Å². The highest BCUT2D eigenvalue weighted by Crippen LogP contribution is 2.25. The van der Waals surface area contributed by atoms with Gasteiger partial charge in [-0.15, -0.1) is 0 Å². The van der Waals surface area contributed by atoms with Crippen molar-refractivity contribution in [1.29, 1.82) is 0 Å². The molecule has 0 radical (unpaired) electrons. The van der Waals surface area contributed by atoms with Crippen LogP contribution in [0.15, 0.2) is 22.8 Å². The second kappa shape index (κ2) is 6.81. The van der Waals surface area contributed by atoms with Gasteiger partial charge in [-0.2, -0.15) is 0 Å². The fourth-order valence-corrected chi connectivity index (χ4v) is 2.03. The maximum atomic E-state index is 11.8. The number of aryl methyl sites for hydroxylation is 2. The maximum Gasteiger partial charge on any atom is 0.342 e.